The molecule has 0 radical (unpaired) electrons. The maximum absolute atomic E-state index is 13.5. The highest BCUT2D eigenvalue weighted by Crippen LogP contribution is 2.40. The van der Waals surface area contributed by atoms with E-state index in [1.807, 2.05) is 11.8 Å². The number of hydrogen-bond donors (Lipinski definition) is 0. The van der Waals surface area contributed by atoms with Crippen LogP contribution in [-0.4, -0.2) is 41.7 Å². The van der Waals surface area contributed by atoms with E-state index >= 15 is 0 Å². The number of rotatable bonds is 3. The first-order valence-corrected chi connectivity index (χ1v) is 6.32. The van der Waals surface area contributed by atoms with Gasteiger partial charge in [-0.3, -0.25) is 4.90 Å². The monoisotopic (exact) mass is 203 g/mol. The summed E-state index contributed by atoms with van der Waals surface area (Å²) in [4.78, 5) is 2.24. The molecule has 1 saturated heterocycles. The summed E-state index contributed by atoms with van der Waals surface area (Å²) in [7, 11) is 2.08. The van der Waals surface area contributed by atoms with Gasteiger partial charge in [0.25, 0.3) is 0 Å². The van der Waals surface area contributed by atoms with E-state index in [1.54, 1.807) is 0 Å². The van der Waals surface area contributed by atoms with Gasteiger partial charge in [0.15, 0.2) is 0 Å². The molecule has 2 rings (SSSR count). The van der Waals surface area contributed by atoms with Crippen molar-refractivity contribution in [3.8, 4) is 0 Å². The molecule has 0 aromatic rings. The Morgan fingerprint density at radius 2 is 2.31 bits per heavy atom. The average molecular weight is 203 g/mol. The molecule has 13 heavy (non-hydrogen) atoms. The Hall–Kier alpha value is 0.240. The van der Waals surface area contributed by atoms with Gasteiger partial charge in [0.05, 0.1) is 0 Å². The highest BCUT2D eigenvalue weighted by molar-refractivity contribution is 7.99. The molecule has 2 fully saturated rings. The third kappa shape index (κ3) is 2.59. The lowest BCUT2D eigenvalue weighted by Gasteiger charge is -2.31. The van der Waals surface area contributed by atoms with Gasteiger partial charge in [-0.05, 0) is 38.5 Å². The van der Waals surface area contributed by atoms with Crippen molar-refractivity contribution in [3.63, 3.8) is 0 Å². The van der Waals surface area contributed by atoms with Crippen molar-refractivity contribution in [1.82, 2.24) is 4.90 Å². The molecule has 1 unspecified atom stereocenters. The maximum Gasteiger partial charge on any atom is 0.123 e. The quantitative estimate of drug-likeness (QED) is 0.692. The van der Waals surface area contributed by atoms with E-state index in [-0.39, 0.29) is 0 Å². The van der Waals surface area contributed by atoms with Crippen LogP contribution in [0.2, 0.25) is 0 Å². The van der Waals surface area contributed by atoms with Crippen molar-refractivity contribution in [1.29, 1.82) is 0 Å². The van der Waals surface area contributed by atoms with Crippen molar-refractivity contribution in [3.05, 3.63) is 0 Å². The summed E-state index contributed by atoms with van der Waals surface area (Å²) >= 11 is 2.01. The molecule has 0 aromatic carbocycles. The van der Waals surface area contributed by atoms with E-state index < -0.39 is 5.67 Å². The standard InChI is InChI=1S/C10H18FNS/c1-12(8-10(11)4-5-10)9-3-2-6-13-7-9/h9H,2-8H2,1H3. The van der Waals surface area contributed by atoms with Crippen LogP contribution in [0.1, 0.15) is 25.7 Å². The van der Waals surface area contributed by atoms with Crippen LogP contribution >= 0.6 is 11.8 Å². The molecule has 1 aliphatic carbocycles. The second kappa shape index (κ2) is 3.77. The van der Waals surface area contributed by atoms with Gasteiger partial charge in [0.2, 0.25) is 0 Å². The molecule has 0 spiro atoms. The predicted octanol–water partition coefficient (Wildman–Crippen LogP) is 2.32. The van der Waals surface area contributed by atoms with E-state index in [4.69, 9.17) is 0 Å². The minimum atomic E-state index is -0.809. The molecule has 0 amide bonds. The zero-order valence-electron chi connectivity index (χ0n) is 8.26. The van der Waals surface area contributed by atoms with Crippen LogP contribution in [-0.2, 0) is 0 Å². The number of nitrogens with zero attached hydrogens (tertiary/aromatic N) is 1. The van der Waals surface area contributed by atoms with Crippen molar-refractivity contribution in [2.75, 3.05) is 25.1 Å². The summed E-state index contributed by atoms with van der Waals surface area (Å²) in [5.74, 6) is 2.50. The summed E-state index contributed by atoms with van der Waals surface area (Å²) in [6, 6.07) is 0.631. The normalized spacial score (nSPS) is 32.1. The van der Waals surface area contributed by atoms with Crippen LogP contribution in [0.5, 0.6) is 0 Å². The van der Waals surface area contributed by atoms with Crippen LogP contribution in [0.25, 0.3) is 0 Å². The molecule has 76 valence electrons. The molecule has 1 saturated carbocycles. The van der Waals surface area contributed by atoms with Gasteiger partial charge < -0.3 is 0 Å². The topological polar surface area (TPSA) is 3.24 Å². The molecule has 1 nitrogen and oxygen atoms in total. The van der Waals surface area contributed by atoms with Gasteiger partial charge in [0, 0.05) is 18.3 Å². The summed E-state index contributed by atoms with van der Waals surface area (Å²) < 4.78 is 13.5. The molecule has 0 N–H and O–H groups in total. The molecule has 1 heterocycles. The Bertz CT molecular complexity index is 176. The first-order valence-electron chi connectivity index (χ1n) is 5.17. The zero-order chi connectivity index (χ0) is 9.31. The SMILES string of the molecule is CN(CC1(F)CC1)C1CCCSC1. The molecule has 1 aliphatic heterocycles. The van der Waals surface area contributed by atoms with Gasteiger partial charge in [0.1, 0.15) is 5.67 Å². The highest BCUT2D eigenvalue weighted by atomic mass is 32.2. The molecule has 1 atom stereocenters. The number of alkyl halides is 1. The summed E-state index contributed by atoms with van der Waals surface area (Å²) in [5, 5.41) is 0. The smallest absolute Gasteiger partial charge is 0.123 e. The Labute approximate surface area is 84.1 Å². The molecule has 0 aromatic heterocycles. The Kier molecular flexibility index (Phi) is 2.84. The fourth-order valence-corrected chi connectivity index (χ4v) is 3.17. The fourth-order valence-electron chi connectivity index (χ4n) is 1.94. The second-order valence-corrected chi connectivity index (χ2v) is 5.59. The van der Waals surface area contributed by atoms with Crippen molar-refractivity contribution in [2.24, 2.45) is 0 Å². The van der Waals surface area contributed by atoms with Crippen LogP contribution in [0.15, 0.2) is 0 Å². The zero-order valence-corrected chi connectivity index (χ0v) is 9.08. The van der Waals surface area contributed by atoms with E-state index in [1.165, 1.54) is 24.3 Å². The number of thioether (sulfide) groups is 1. The lowest BCUT2D eigenvalue weighted by Crippen LogP contribution is -2.40. The Morgan fingerprint density at radius 3 is 2.85 bits per heavy atom. The van der Waals surface area contributed by atoms with Gasteiger partial charge in [-0.25, -0.2) is 4.39 Å². The Balaban J connectivity index is 1.77. The molecule has 3 heteroatoms. The van der Waals surface area contributed by atoms with Crippen LogP contribution in [0.4, 0.5) is 4.39 Å². The Morgan fingerprint density at radius 1 is 1.54 bits per heavy atom. The third-order valence-corrected chi connectivity index (χ3v) is 4.28. The fraction of sp³-hybridized carbons (Fsp3) is 1.00. The molecule has 2 aliphatic rings. The summed E-state index contributed by atoms with van der Waals surface area (Å²) in [6.07, 6.45) is 4.15. The van der Waals surface area contributed by atoms with E-state index in [0.717, 1.165) is 12.8 Å². The van der Waals surface area contributed by atoms with Crippen LogP contribution in [0.3, 0.4) is 0 Å². The average Bonchev–Trinajstić information content (AvgIpc) is 2.85. The lowest BCUT2D eigenvalue weighted by atomic mass is 10.1. The molecule has 0 bridgehead atoms. The van der Waals surface area contributed by atoms with E-state index in [9.17, 15) is 4.39 Å². The molecular formula is C10H18FNS. The maximum atomic E-state index is 13.5. The van der Waals surface area contributed by atoms with Crippen molar-refractivity contribution < 1.29 is 4.39 Å². The van der Waals surface area contributed by atoms with Gasteiger partial charge in [-0.2, -0.15) is 11.8 Å². The van der Waals surface area contributed by atoms with Gasteiger partial charge in [-0.1, -0.05) is 0 Å². The predicted molar refractivity (Wildman–Crippen MR) is 56.1 cm³/mol. The second-order valence-electron chi connectivity index (χ2n) is 4.44. The van der Waals surface area contributed by atoms with Crippen LogP contribution in [0, 0.1) is 0 Å². The first kappa shape index (κ1) is 9.78. The van der Waals surface area contributed by atoms with E-state index in [0.29, 0.717) is 12.6 Å². The first-order chi connectivity index (χ1) is 6.20. The summed E-state index contributed by atoms with van der Waals surface area (Å²) in [5.41, 5.74) is -0.809. The largest absolute Gasteiger partial charge is 0.299 e. The van der Waals surface area contributed by atoms with Crippen LogP contribution < -0.4 is 0 Å². The highest BCUT2D eigenvalue weighted by Gasteiger charge is 2.44. The minimum Gasteiger partial charge on any atom is -0.299 e. The van der Waals surface area contributed by atoms with E-state index in [2.05, 4.69) is 11.9 Å². The van der Waals surface area contributed by atoms with Gasteiger partial charge in [-0.15, -0.1) is 0 Å². The number of hydrogen-bond acceptors (Lipinski definition) is 2. The van der Waals surface area contributed by atoms with Gasteiger partial charge >= 0.3 is 0 Å². The lowest BCUT2D eigenvalue weighted by molar-refractivity contribution is 0.162. The van der Waals surface area contributed by atoms with Crippen molar-refractivity contribution >= 4 is 11.8 Å². The summed E-state index contributed by atoms with van der Waals surface area (Å²) in [6.45, 7) is 0.665. The number of halogens is 1. The molecular weight excluding hydrogens is 185 g/mol. The third-order valence-electron chi connectivity index (χ3n) is 3.08. The minimum absolute atomic E-state index is 0.631. The van der Waals surface area contributed by atoms with Crippen molar-refractivity contribution in [2.45, 2.75) is 37.4 Å².